The minimum atomic E-state index is -0.345. The van der Waals surface area contributed by atoms with Crippen molar-refractivity contribution in [2.75, 3.05) is 18.5 Å². The molecule has 1 heterocycles. The average molecular weight is 170 g/mol. The lowest BCUT2D eigenvalue weighted by molar-refractivity contribution is 0.292. The molecular formula is C8H11FN2O. The summed E-state index contributed by atoms with van der Waals surface area (Å²) >= 11 is 0. The molecule has 3 nitrogen and oxygen atoms in total. The Hall–Kier alpha value is -1.16. The van der Waals surface area contributed by atoms with E-state index in [4.69, 9.17) is 5.11 Å². The summed E-state index contributed by atoms with van der Waals surface area (Å²) in [5, 5.41) is 11.4. The van der Waals surface area contributed by atoms with E-state index in [2.05, 4.69) is 10.3 Å². The zero-order valence-electron chi connectivity index (χ0n) is 6.63. The maximum absolute atomic E-state index is 12.3. The zero-order valence-corrected chi connectivity index (χ0v) is 6.63. The fraction of sp³-hybridized carbons (Fsp3) is 0.375. The fourth-order valence-corrected chi connectivity index (χ4v) is 0.776. The second-order valence-electron chi connectivity index (χ2n) is 2.37. The largest absolute Gasteiger partial charge is 0.396 e. The van der Waals surface area contributed by atoms with Crippen LogP contribution in [0.4, 0.5) is 10.2 Å². The number of rotatable bonds is 4. The summed E-state index contributed by atoms with van der Waals surface area (Å²) in [7, 11) is 0. The van der Waals surface area contributed by atoms with Crippen LogP contribution in [0, 0.1) is 5.82 Å². The van der Waals surface area contributed by atoms with Crippen molar-refractivity contribution in [2.45, 2.75) is 6.42 Å². The summed E-state index contributed by atoms with van der Waals surface area (Å²) < 4.78 is 12.3. The van der Waals surface area contributed by atoms with Gasteiger partial charge in [0.25, 0.3) is 0 Å². The van der Waals surface area contributed by atoms with Gasteiger partial charge in [-0.15, -0.1) is 0 Å². The van der Waals surface area contributed by atoms with Crippen LogP contribution < -0.4 is 5.32 Å². The zero-order chi connectivity index (χ0) is 8.81. The van der Waals surface area contributed by atoms with Gasteiger partial charge in [-0.3, -0.25) is 0 Å². The van der Waals surface area contributed by atoms with Crippen LogP contribution in [-0.4, -0.2) is 23.2 Å². The molecule has 1 aromatic rings. The first-order chi connectivity index (χ1) is 5.83. The number of aliphatic hydroxyl groups is 1. The van der Waals surface area contributed by atoms with Gasteiger partial charge in [0.1, 0.15) is 11.6 Å². The second kappa shape index (κ2) is 4.66. The Morgan fingerprint density at radius 1 is 1.50 bits per heavy atom. The number of pyridine rings is 1. The number of hydrogen-bond acceptors (Lipinski definition) is 3. The van der Waals surface area contributed by atoms with E-state index in [1.807, 2.05) is 0 Å². The van der Waals surface area contributed by atoms with Crippen molar-refractivity contribution < 1.29 is 9.50 Å². The van der Waals surface area contributed by atoms with Crippen LogP contribution in [0.1, 0.15) is 6.42 Å². The maximum Gasteiger partial charge on any atom is 0.141 e. The van der Waals surface area contributed by atoms with Crippen molar-refractivity contribution in [1.29, 1.82) is 0 Å². The molecule has 0 aliphatic carbocycles. The molecule has 0 aliphatic rings. The topological polar surface area (TPSA) is 45.1 Å². The van der Waals surface area contributed by atoms with Crippen LogP contribution in [0.15, 0.2) is 18.3 Å². The van der Waals surface area contributed by atoms with Crippen LogP contribution in [0.3, 0.4) is 0 Å². The molecule has 0 radical (unpaired) electrons. The Kier molecular flexibility index (Phi) is 3.47. The van der Waals surface area contributed by atoms with Crippen LogP contribution in [0.5, 0.6) is 0 Å². The standard InChI is InChI=1S/C8H11FN2O/c9-7-2-3-8(11-6-7)10-4-1-5-12/h2-3,6,12H,1,4-5H2,(H,10,11). The molecule has 66 valence electrons. The molecule has 1 rings (SSSR count). The van der Waals surface area contributed by atoms with Crippen molar-refractivity contribution >= 4 is 5.82 Å². The summed E-state index contributed by atoms with van der Waals surface area (Å²) in [6, 6.07) is 2.90. The van der Waals surface area contributed by atoms with Crippen molar-refractivity contribution in [3.8, 4) is 0 Å². The molecule has 0 amide bonds. The summed E-state index contributed by atoms with van der Waals surface area (Å²) in [6.45, 7) is 0.795. The summed E-state index contributed by atoms with van der Waals surface area (Å²) in [5.41, 5.74) is 0. The van der Waals surface area contributed by atoms with Crippen LogP contribution in [0.2, 0.25) is 0 Å². The molecule has 0 aliphatic heterocycles. The van der Waals surface area contributed by atoms with E-state index in [0.29, 0.717) is 18.8 Å². The summed E-state index contributed by atoms with van der Waals surface area (Å²) in [4.78, 5) is 3.78. The van der Waals surface area contributed by atoms with E-state index >= 15 is 0 Å². The van der Waals surface area contributed by atoms with E-state index in [-0.39, 0.29) is 12.4 Å². The SMILES string of the molecule is OCCCNc1ccc(F)cn1. The Morgan fingerprint density at radius 3 is 2.92 bits per heavy atom. The van der Waals surface area contributed by atoms with Gasteiger partial charge in [-0.2, -0.15) is 0 Å². The van der Waals surface area contributed by atoms with E-state index in [1.165, 1.54) is 6.07 Å². The van der Waals surface area contributed by atoms with Crippen molar-refractivity contribution in [3.05, 3.63) is 24.1 Å². The Labute approximate surface area is 70.3 Å². The number of nitrogens with one attached hydrogen (secondary N) is 1. The van der Waals surface area contributed by atoms with Gasteiger partial charge in [-0.05, 0) is 18.6 Å². The number of aliphatic hydroxyl groups excluding tert-OH is 1. The van der Waals surface area contributed by atoms with Crippen LogP contribution >= 0.6 is 0 Å². The highest BCUT2D eigenvalue weighted by atomic mass is 19.1. The number of hydrogen-bond donors (Lipinski definition) is 2. The number of aromatic nitrogens is 1. The third-order valence-corrected chi connectivity index (χ3v) is 1.37. The predicted octanol–water partition coefficient (Wildman–Crippen LogP) is 1.01. The lowest BCUT2D eigenvalue weighted by Crippen LogP contribution is -2.04. The lowest BCUT2D eigenvalue weighted by Gasteiger charge is -2.02. The molecule has 12 heavy (non-hydrogen) atoms. The molecule has 0 saturated heterocycles. The molecule has 0 bridgehead atoms. The van der Waals surface area contributed by atoms with Gasteiger partial charge in [-0.1, -0.05) is 0 Å². The molecule has 0 atom stereocenters. The molecule has 0 saturated carbocycles. The van der Waals surface area contributed by atoms with Gasteiger partial charge in [0, 0.05) is 13.2 Å². The Bertz CT molecular complexity index is 225. The molecule has 0 spiro atoms. The average Bonchev–Trinajstić information content (AvgIpc) is 2.09. The van der Waals surface area contributed by atoms with Crippen molar-refractivity contribution in [1.82, 2.24) is 4.98 Å². The molecule has 0 aromatic carbocycles. The van der Waals surface area contributed by atoms with Crippen LogP contribution in [-0.2, 0) is 0 Å². The quantitative estimate of drug-likeness (QED) is 0.663. The van der Waals surface area contributed by atoms with Gasteiger partial charge >= 0.3 is 0 Å². The van der Waals surface area contributed by atoms with E-state index < -0.39 is 0 Å². The predicted molar refractivity (Wildman–Crippen MR) is 44.4 cm³/mol. The third-order valence-electron chi connectivity index (χ3n) is 1.37. The highest BCUT2D eigenvalue weighted by Crippen LogP contribution is 2.02. The molecule has 4 heteroatoms. The van der Waals surface area contributed by atoms with E-state index in [9.17, 15) is 4.39 Å². The lowest BCUT2D eigenvalue weighted by atomic mass is 10.4. The monoisotopic (exact) mass is 170 g/mol. The van der Waals surface area contributed by atoms with Crippen molar-refractivity contribution in [2.24, 2.45) is 0 Å². The Balaban J connectivity index is 2.37. The molecule has 0 fully saturated rings. The van der Waals surface area contributed by atoms with Crippen LogP contribution in [0.25, 0.3) is 0 Å². The summed E-state index contributed by atoms with van der Waals surface area (Å²) in [5.74, 6) is 0.285. The minimum absolute atomic E-state index is 0.147. The number of halogens is 1. The minimum Gasteiger partial charge on any atom is -0.396 e. The second-order valence-corrected chi connectivity index (χ2v) is 2.37. The fourth-order valence-electron chi connectivity index (χ4n) is 0.776. The van der Waals surface area contributed by atoms with Gasteiger partial charge in [-0.25, -0.2) is 9.37 Å². The molecule has 0 unspecified atom stereocenters. The first-order valence-corrected chi connectivity index (χ1v) is 3.79. The molecule has 2 N–H and O–H groups in total. The number of anilines is 1. The van der Waals surface area contributed by atoms with Crippen molar-refractivity contribution in [3.63, 3.8) is 0 Å². The molecular weight excluding hydrogens is 159 g/mol. The van der Waals surface area contributed by atoms with E-state index in [0.717, 1.165) is 6.20 Å². The third kappa shape index (κ3) is 2.84. The first-order valence-electron chi connectivity index (χ1n) is 3.79. The maximum atomic E-state index is 12.3. The Morgan fingerprint density at radius 2 is 2.33 bits per heavy atom. The first kappa shape index (κ1) is 8.93. The highest BCUT2D eigenvalue weighted by Gasteiger charge is 1.92. The van der Waals surface area contributed by atoms with Gasteiger partial charge in [0.2, 0.25) is 0 Å². The highest BCUT2D eigenvalue weighted by molar-refractivity contribution is 5.33. The number of nitrogens with zero attached hydrogens (tertiary/aromatic N) is 1. The normalized spacial score (nSPS) is 9.83. The summed E-state index contributed by atoms with van der Waals surface area (Å²) in [6.07, 6.45) is 1.82. The van der Waals surface area contributed by atoms with Gasteiger partial charge < -0.3 is 10.4 Å². The smallest absolute Gasteiger partial charge is 0.141 e. The van der Waals surface area contributed by atoms with Gasteiger partial charge in [0.05, 0.1) is 6.20 Å². The molecule has 1 aromatic heterocycles. The van der Waals surface area contributed by atoms with Gasteiger partial charge in [0.15, 0.2) is 0 Å². The van der Waals surface area contributed by atoms with E-state index in [1.54, 1.807) is 6.07 Å².